The molecule has 0 radical (unpaired) electrons. The van der Waals surface area contributed by atoms with Crippen LogP contribution in [0, 0.1) is 0 Å². The summed E-state index contributed by atoms with van der Waals surface area (Å²) < 4.78 is 5.22. The molecule has 0 aromatic carbocycles. The van der Waals surface area contributed by atoms with Gasteiger partial charge in [-0.25, -0.2) is 4.79 Å². The van der Waals surface area contributed by atoms with Gasteiger partial charge in [0.25, 0.3) is 0 Å². The summed E-state index contributed by atoms with van der Waals surface area (Å²) in [6.07, 6.45) is 3.87. The molecular formula is C14H29N3O2. The van der Waals surface area contributed by atoms with E-state index in [4.69, 9.17) is 10.5 Å². The van der Waals surface area contributed by atoms with Crippen LogP contribution in [0.5, 0.6) is 0 Å². The van der Waals surface area contributed by atoms with E-state index in [1.165, 1.54) is 0 Å². The number of amides is 1. The zero-order chi connectivity index (χ0) is 14.5. The Labute approximate surface area is 116 Å². The Morgan fingerprint density at radius 3 is 2.58 bits per heavy atom. The Balaban J connectivity index is 2.26. The van der Waals surface area contributed by atoms with E-state index in [0.717, 1.165) is 25.7 Å². The van der Waals surface area contributed by atoms with Crippen LogP contribution in [0.2, 0.25) is 0 Å². The van der Waals surface area contributed by atoms with E-state index < -0.39 is 5.60 Å². The van der Waals surface area contributed by atoms with Gasteiger partial charge in [0.1, 0.15) is 5.60 Å². The molecule has 0 spiro atoms. The van der Waals surface area contributed by atoms with Crippen molar-refractivity contribution in [3.8, 4) is 0 Å². The van der Waals surface area contributed by atoms with E-state index in [1.807, 2.05) is 20.8 Å². The van der Waals surface area contributed by atoms with Crippen LogP contribution in [0.3, 0.4) is 0 Å². The third kappa shape index (κ3) is 6.78. The van der Waals surface area contributed by atoms with Crippen LogP contribution >= 0.6 is 0 Å². The molecule has 0 aromatic rings. The van der Waals surface area contributed by atoms with Crippen LogP contribution in [-0.2, 0) is 4.74 Å². The molecule has 1 aliphatic carbocycles. The largest absolute Gasteiger partial charge is 0.444 e. The third-order valence-corrected chi connectivity index (χ3v) is 3.33. The Hall–Kier alpha value is -0.810. The van der Waals surface area contributed by atoms with Gasteiger partial charge < -0.3 is 21.1 Å². The first-order valence-electron chi connectivity index (χ1n) is 7.28. The van der Waals surface area contributed by atoms with Crippen LogP contribution in [0.4, 0.5) is 4.79 Å². The first kappa shape index (κ1) is 16.2. The Morgan fingerprint density at radius 2 is 2.11 bits per heavy atom. The maximum atomic E-state index is 11.6. The van der Waals surface area contributed by atoms with E-state index in [0.29, 0.717) is 18.6 Å². The topological polar surface area (TPSA) is 76.4 Å². The molecule has 4 N–H and O–H groups in total. The van der Waals surface area contributed by atoms with Crippen LogP contribution in [0.15, 0.2) is 0 Å². The Bertz CT molecular complexity index is 289. The van der Waals surface area contributed by atoms with E-state index in [9.17, 15) is 4.79 Å². The lowest BCUT2D eigenvalue weighted by molar-refractivity contribution is 0.0521. The molecule has 0 heterocycles. The molecule has 0 bridgehead atoms. The molecule has 19 heavy (non-hydrogen) atoms. The fraction of sp³-hybridized carbons (Fsp3) is 0.929. The van der Waals surface area contributed by atoms with E-state index >= 15 is 0 Å². The fourth-order valence-corrected chi connectivity index (χ4v) is 2.34. The van der Waals surface area contributed by atoms with Gasteiger partial charge in [-0.3, -0.25) is 0 Å². The lowest BCUT2D eigenvalue weighted by atomic mass is 10.1. The van der Waals surface area contributed by atoms with Crippen molar-refractivity contribution in [2.45, 2.75) is 77.1 Å². The summed E-state index contributed by atoms with van der Waals surface area (Å²) in [6, 6.07) is 1.09. The molecule has 0 aromatic heterocycles. The highest BCUT2D eigenvalue weighted by molar-refractivity contribution is 5.67. The summed E-state index contributed by atoms with van der Waals surface area (Å²) in [4.78, 5) is 11.6. The van der Waals surface area contributed by atoms with Crippen LogP contribution in [0.25, 0.3) is 0 Å². The van der Waals surface area contributed by atoms with Gasteiger partial charge in [0, 0.05) is 24.7 Å². The highest BCUT2D eigenvalue weighted by atomic mass is 16.6. The molecule has 1 fully saturated rings. The first-order chi connectivity index (χ1) is 8.80. The quantitative estimate of drug-likeness (QED) is 0.712. The van der Waals surface area contributed by atoms with Crippen molar-refractivity contribution in [1.29, 1.82) is 0 Å². The maximum Gasteiger partial charge on any atom is 0.407 e. The van der Waals surface area contributed by atoms with Gasteiger partial charge in [-0.05, 0) is 46.5 Å². The zero-order valence-electron chi connectivity index (χ0n) is 12.7. The number of alkyl carbamates (subject to hydrolysis) is 1. The Morgan fingerprint density at radius 1 is 1.42 bits per heavy atom. The van der Waals surface area contributed by atoms with E-state index in [1.54, 1.807) is 0 Å². The van der Waals surface area contributed by atoms with E-state index in [-0.39, 0.29) is 12.1 Å². The van der Waals surface area contributed by atoms with Crippen molar-refractivity contribution >= 4 is 6.09 Å². The summed E-state index contributed by atoms with van der Waals surface area (Å²) in [5.41, 5.74) is 5.46. The van der Waals surface area contributed by atoms with Gasteiger partial charge >= 0.3 is 6.09 Å². The molecule has 1 rings (SSSR count). The van der Waals surface area contributed by atoms with Crippen molar-refractivity contribution in [2.75, 3.05) is 6.54 Å². The predicted octanol–water partition coefficient (Wildman–Crippen LogP) is 1.76. The van der Waals surface area contributed by atoms with Gasteiger partial charge in [-0.1, -0.05) is 6.92 Å². The SMILES string of the molecule is CCC(CNC(=O)OC(C)(C)C)NC1CCC(N)C1. The predicted molar refractivity (Wildman–Crippen MR) is 77.1 cm³/mol. The smallest absolute Gasteiger partial charge is 0.407 e. The summed E-state index contributed by atoms with van der Waals surface area (Å²) in [5, 5.41) is 6.38. The van der Waals surface area contributed by atoms with Crippen molar-refractivity contribution in [3.63, 3.8) is 0 Å². The maximum absolute atomic E-state index is 11.6. The van der Waals surface area contributed by atoms with Crippen LogP contribution in [0.1, 0.15) is 53.4 Å². The minimum absolute atomic E-state index is 0.280. The standard InChI is InChI=1S/C14H29N3O2/c1-5-11(17-12-7-6-10(15)8-12)9-16-13(18)19-14(2,3)4/h10-12,17H,5-9,15H2,1-4H3,(H,16,18). The second kappa shape index (κ2) is 7.10. The van der Waals surface area contributed by atoms with Gasteiger partial charge in [0.05, 0.1) is 0 Å². The lowest BCUT2D eigenvalue weighted by Gasteiger charge is -2.24. The molecule has 5 nitrogen and oxygen atoms in total. The molecule has 1 amide bonds. The number of carbonyl (C=O) groups excluding carboxylic acids is 1. The van der Waals surface area contributed by atoms with Gasteiger partial charge in [-0.15, -0.1) is 0 Å². The molecule has 1 saturated carbocycles. The minimum Gasteiger partial charge on any atom is -0.444 e. The highest BCUT2D eigenvalue weighted by Crippen LogP contribution is 2.17. The van der Waals surface area contributed by atoms with Crippen LogP contribution in [-0.4, -0.2) is 36.4 Å². The lowest BCUT2D eigenvalue weighted by Crippen LogP contribution is -2.45. The molecule has 1 aliphatic rings. The number of carbonyl (C=O) groups is 1. The molecule has 112 valence electrons. The first-order valence-corrected chi connectivity index (χ1v) is 7.28. The molecule has 0 aliphatic heterocycles. The average Bonchev–Trinajstić information content (AvgIpc) is 2.67. The van der Waals surface area contributed by atoms with Crippen LogP contribution < -0.4 is 16.4 Å². The summed E-state index contributed by atoms with van der Waals surface area (Å²) >= 11 is 0. The Kier molecular flexibility index (Phi) is 6.07. The normalized spacial score (nSPS) is 25.1. The molecule has 3 unspecified atom stereocenters. The minimum atomic E-state index is -0.447. The van der Waals surface area contributed by atoms with Gasteiger partial charge in [0.15, 0.2) is 0 Å². The second-order valence-electron chi connectivity index (χ2n) is 6.42. The number of hydrogen-bond acceptors (Lipinski definition) is 4. The van der Waals surface area contributed by atoms with Gasteiger partial charge in [-0.2, -0.15) is 0 Å². The van der Waals surface area contributed by atoms with Crippen molar-refractivity contribution in [3.05, 3.63) is 0 Å². The monoisotopic (exact) mass is 271 g/mol. The highest BCUT2D eigenvalue weighted by Gasteiger charge is 2.24. The average molecular weight is 271 g/mol. The van der Waals surface area contributed by atoms with Crippen molar-refractivity contribution < 1.29 is 9.53 Å². The zero-order valence-corrected chi connectivity index (χ0v) is 12.7. The van der Waals surface area contributed by atoms with Crippen molar-refractivity contribution in [1.82, 2.24) is 10.6 Å². The van der Waals surface area contributed by atoms with Crippen molar-refractivity contribution in [2.24, 2.45) is 5.73 Å². The van der Waals surface area contributed by atoms with Gasteiger partial charge in [0.2, 0.25) is 0 Å². The summed E-state index contributed by atoms with van der Waals surface area (Å²) in [5.74, 6) is 0. The molecule has 0 saturated heterocycles. The number of nitrogens with one attached hydrogen (secondary N) is 2. The number of ether oxygens (including phenoxy) is 1. The third-order valence-electron chi connectivity index (χ3n) is 3.33. The fourth-order valence-electron chi connectivity index (χ4n) is 2.34. The molecular weight excluding hydrogens is 242 g/mol. The number of rotatable bonds is 5. The number of hydrogen-bond donors (Lipinski definition) is 3. The molecule has 5 heteroatoms. The molecule has 3 atom stereocenters. The summed E-state index contributed by atoms with van der Waals surface area (Å²) in [6.45, 7) is 8.30. The number of nitrogens with two attached hydrogens (primary N) is 1. The summed E-state index contributed by atoms with van der Waals surface area (Å²) in [7, 11) is 0. The van der Waals surface area contributed by atoms with E-state index in [2.05, 4.69) is 17.6 Å². The second-order valence-corrected chi connectivity index (χ2v) is 6.42.